The molecule has 1 unspecified atom stereocenters. The van der Waals surface area contributed by atoms with Crippen molar-refractivity contribution in [1.82, 2.24) is 3.53 Å². The lowest BCUT2D eigenvalue weighted by Crippen LogP contribution is -2.24. The fourth-order valence-electron chi connectivity index (χ4n) is 0.388. The summed E-state index contributed by atoms with van der Waals surface area (Å²) in [5.74, 6) is 2.41. The highest BCUT2D eigenvalue weighted by molar-refractivity contribution is 14.2. The SMILES string of the molecule is CSCC(CSI)NI. The van der Waals surface area contributed by atoms with Gasteiger partial charge in [0.1, 0.15) is 0 Å². The molecule has 0 spiro atoms. The lowest BCUT2D eigenvalue weighted by molar-refractivity contribution is 0.823. The molecule has 0 bridgehead atoms. The third kappa shape index (κ3) is 6.52. The van der Waals surface area contributed by atoms with E-state index in [1.807, 2.05) is 20.7 Å². The third-order valence-corrected chi connectivity index (χ3v) is 4.01. The minimum absolute atomic E-state index is 0.669. The Hall–Kier alpha value is 2.12. The maximum absolute atomic E-state index is 3.23. The van der Waals surface area contributed by atoms with Crippen LogP contribution in [0, 0.1) is 0 Å². The van der Waals surface area contributed by atoms with Gasteiger partial charge in [-0.15, -0.1) is 0 Å². The second-order valence-electron chi connectivity index (χ2n) is 1.54. The summed E-state index contributed by atoms with van der Waals surface area (Å²) in [5, 5.41) is 0. The van der Waals surface area contributed by atoms with Crippen LogP contribution in [0.5, 0.6) is 0 Å². The van der Waals surface area contributed by atoms with Crippen molar-refractivity contribution in [2.45, 2.75) is 6.04 Å². The van der Waals surface area contributed by atoms with Crippen molar-refractivity contribution in [2.75, 3.05) is 17.8 Å². The summed E-state index contributed by atoms with van der Waals surface area (Å²) < 4.78 is 3.23. The molecule has 0 heterocycles. The van der Waals surface area contributed by atoms with Crippen LogP contribution in [0.4, 0.5) is 0 Å². The Morgan fingerprint density at radius 3 is 2.56 bits per heavy atom. The number of halogens is 2. The van der Waals surface area contributed by atoms with Gasteiger partial charge in [0.15, 0.2) is 0 Å². The van der Waals surface area contributed by atoms with Crippen LogP contribution in [0.2, 0.25) is 0 Å². The molecule has 0 fully saturated rings. The molecule has 0 aliphatic carbocycles. The van der Waals surface area contributed by atoms with E-state index in [-0.39, 0.29) is 0 Å². The highest BCUT2D eigenvalue weighted by Gasteiger charge is 2.03. The molecule has 0 aromatic rings. The average molecular weight is 389 g/mol. The summed E-state index contributed by atoms with van der Waals surface area (Å²) >= 11 is 6.44. The van der Waals surface area contributed by atoms with Crippen LogP contribution in [0.15, 0.2) is 0 Å². The molecule has 0 aromatic carbocycles. The van der Waals surface area contributed by atoms with Gasteiger partial charge in [-0.1, -0.05) is 8.93 Å². The van der Waals surface area contributed by atoms with Crippen molar-refractivity contribution in [3.63, 3.8) is 0 Å². The van der Waals surface area contributed by atoms with Gasteiger partial charge in [-0.05, 0) is 27.5 Å². The number of rotatable bonds is 5. The molecule has 0 aliphatic rings. The first-order valence-corrected chi connectivity index (χ1v) is 8.43. The average Bonchev–Trinajstić information content (AvgIpc) is 1.88. The van der Waals surface area contributed by atoms with Crippen LogP contribution < -0.4 is 3.53 Å². The van der Waals surface area contributed by atoms with Crippen molar-refractivity contribution in [1.29, 1.82) is 0 Å². The standard InChI is InChI=1S/C4H9I2NS2/c1-8-2-4(7-5)3-9-6/h4,7H,2-3H2,1H3. The van der Waals surface area contributed by atoms with Gasteiger partial charge in [0.05, 0.1) is 0 Å². The van der Waals surface area contributed by atoms with Crippen molar-refractivity contribution in [2.24, 2.45) is 0 Å². The first kappa shape index (κ1) is 11.1. The van der Waals surface area contributed by atoms with Crippen LogP contribution in [0.25, 0.3) is 0 Å². The highest BCUT2D eigenvalue weighted by atomic mass is 127. The Labute approximate surface area is 91.0 Å². The van der Waals surface area contributed by atoms with E-state index in [1.165, 1.54) is 11.5 Å². The van der Waals surface area contributed by atoms with Gasteiger partial charge < -0.3 is 0 Å². The van der Waals surface area contributed by atoms with Crippen LogP contribution in [-0.2, 0) is 0 Å². The number of thioether (sulfide) groups is 1. The Balaban J connectivity index is 3.18. The van der Waals surface area contributed by atoms with Crippen LogP contribution in [0.3, 0.4) is 0 Å². The molecule has 56 valence electrons. The molecule has 0 saturated carbocycles. The zero-order valence-electron chi connectivity index (χ0n) is 5.06. The van der Waals surface area contributed by atoms with E-state index in [1.54, 1.807) is 0 Å². The van der Waals surface area contributed by atoms with E-state index < -0.39 is 0 Å². The minimum Gasteiger partial charge on any atom is -0.256 e. The predicted molar refractivity (Wildman–Crippen MR) is 65.8 cm³/mol. The van der Waals surface area contributed by atoms with Gasteiger partial charge in [-0.2, -0.15) is 11.8 Å². The quantitative estimate of drug-likeness (QED) is 0.574. The summed E-state index contributed by atoms with van der Waals surface area (Å²) in [4.78, 5) is 0. The molecular weight excluding hydrogens is 380 g/mol. The van der Waals surface area contributed by atoms with Crippen molar-refractivity contribution >= 4 is 64.8 Å². The monoisotopic (exact) mass is 389 g/mol. The van der Waals surface area contributed by atoms with E-state index in [2.05, 4.69) is 53.9 Å². The van der Waals surface area contributed by atoms with Gasteiger partial charge >= 0.3 is 0 Å². The largest absolute Gasteiger partial charge is 0.256 e. The van der Waals surface area contributed by atoms with E-state index in [9.17, 15) is 0 Å². The zero-order valence-corrected chi connectivity index (χ0v) is 11.0. The molecular formula is C4H9I2NS2. The number of nitrogens with one attached hydrogen (secondary N) is 1. The van der Waals surface area contributed by atoms with Crippen LogP contribution in [-0.4, -0.2) is 23.8 Å². The second-order valence-corrected chi connectivity index (χ2v) is 5.49. The van der Waals surface area contributed by atoms with Gasteiger partial charge in [-0.25, -0.2) is 0 Å². The Morgan fingerprint density at radius 1 is 1.56 bits per heavy atom. The molecule has 1 N–H and O–H groups in total. The smallest absolute Gasteiger partial charge is 0.0352 e. The van der Waals surface area contributed by atoms with Crippen molar-refractivity contribution < 1.29 is 0 Å². The van der Waals surface area contributed by atoms with E-state index in [4.69, 9.17) is 0 Å². The molecule has 5 heteroatoms. The maximum Gasteiger partial charge on any atom is 0.0352 e. The molecule has 1 atom stereocenters. The van der Waals surface area contributed by atoms with Crippen LogP contribution in [0.1, 0.15) is 0 Å². The zero-order chi connectivity index (χ0) is 7.11. The van der Waals surface area contributed by atoms with Crippen LogP contribution >= 0.6 is 64.8 Å². The summed E-state index contributed by atoms with van der Waals surface area (Å²) in [5.41, 5.74) is 0. The van der Waals surface area contributed by atoms with E-state index >= 15 is 0 Å². The first-order valence-electron chi connectivity index (χ1n) is 2.43. The number of hydrogen-bond acceptors (Lipinski definition) is 3. The highest BCUT2D eigenvalue weighted by Crippen LogP contribution is 2.14. The van der Waals surface area contributed by atoms with Gasteiger partial charge in [0.25, 0.3) is 0 Å². The normalized spacial score (nSPS) is 13.7. The van der Waals surface area contributed by atoms with Gasteiger partial charge in [0.2, 0.25) is 0 Å². The van der Waals surface area contributed by atoms with E-state index in [0.29, 0.717) is 6.04 Å². The maximum atomic E-state index is 3.23. The molecule has 1 nitrogen and oxygen atoms in total. The Kier molecular flexibility index (Phi) is 10.2. The molecule has 0 amide bonds. The molecule has 0 rings (SSSR count). The third-order valence-electron chi connectivity index (χ3n) is 0.786. The van der Waals surface area contributed by atoms with Gasteiger partial charge in [-0.3, -0.25) is 3.53 Å². The predicted octanol–water partition coefficient (Wildman–Crippen LogP) is 2.74. The van der Waals surface area contributed by atoms with Gasteiger partial charge in [0, 0.05) is 40.4 Å². The molecule has 0 aliphatic heterocycles. The van der Waals surface area contributed by atoms with Crippen molar-refractivity contribution in [3.05, 3.63) is 0 Å². The van der Waals surface area contributed by atoms with E-state index in [0.717, 1.165) is 0 Å². The number of hydrogen-bond donors (Lipinski definition) is 1. The fraction of sp³-hybridized carbons (Fsp3) is 1.00. The molecule has 0 radical (unpaired) electrons. The Bertz CT molecular complexity index is 58.5. The lowest BCUT2D eigenvalue weighted by atomic mass is 10.4. The van der Waals surface area contributed by atoms with Crippen molar-refractivity contribution in [3.8, 4) is 0 Å². The second kappa shape index (κ2) is 8.22. The molecule has 0 aromatic heterocycles. The Morgan fingerprint density at radius 2 is 2.22 bits per heavy atom. The minimum atomic E-state index is 0.669. The first-order chi connectivity index (χ1) is 4.35. The molecule has 9 heavy (non-hydrogen) atoms. The summed E-state index contributed by atoms with van der Waals surface area (Å²) in [6.45, 7) is 0. The summed E-state index contributed by atoms with van der Waals surface area (Å²) in [6, 6.07) is 0.669. The molecule has 0 saturated heterocycles. The summed E-state index contributed by atoms with van der Waals surface area (Å²) in [6.07, 6.45) is 2.14. The topological polar surface area (TPSA) is 12.0 Å². The fourth-order valence-corrected chi connectivity index (χ4v) is 3.83. The lowest BCUT2D eigenvalue weighted by Gasteiger charge is -2.09. The summed E-state index contributed by atoms with van der Waals surface area (Å²) in [7, 11) is 1.86.